The maximum atomic E-state index is 13.0. The largest absolute Gasteiger partial charge is 0.466 e. The molecule has 274 valence electrons. The van der Waals surface area contributed by atoms with Crippen LogP contribution in [0.1, 0.15) is 125 Å². The lowest BCUT2D eigenvalue weighted by Crippen LogP contribution is -2.38. The van der Waals surface area contributed by atoms with Crippen LogP contribution in [0.5, 0.6) is 0 Å². The van der Waals surface area contributed by atoms with Crippen LogP contribution >= 0.6 is 0 Å². The van der Waals surface area contributed by atoms with Crippen LogP contribution < -0.4 is 0 Å². The normalized spacial score (nSPS) is 29.7. The van der Waals surface area contributed by atoms with Gasteiger partial charge in [0.1, 0.15) is 19.3 Å². The molecule has 0 heterocycles. The van der Waals surface area contributed by atoms with Gasteiger partial charge in [-0.2, -0.15) is 0 Å². The van der Waals surface area contributed by atoms with E-state index in [1.165, 1.54) is 25.8 Å². The summed E-state index contributed by atoms with van der Waals surface area (Å²) in [5.41, 5.74) is 1.46. The Hall–Kier alpha value is -3.24. The quantitative estimate of drug-likeness (QED) is 0.114. The number of unbranched alkanes of at least 4 members (excludes halogenated alkanes) is 1. The molecule has 0 radical (unpaired) electrons. The van der Waals surface area contributed by atoms with E-state index >= 15 is 0 Å². The van der Waals surface area contributed by atoms with Crippen molar-refractivity contribution < 1.29 is 52.5 Å². The Morgan fingerprint density at radius 3 is 2.22 bits per heavy atom. The summed E-state index contributed by atoms with van der Waals surface area (Å²) in [5.74, 6) is -0.761. The molecule has 7 atom stereocenters. The van der Waals surface area contributed by atoms with Gasteiger partial charge in [-0.25, -0.2) is 0 Å². The van der Waals surface area contributed by atoms with Crippen LogP contribution in [0, 0.1) is 34.5 Å². The Balaban J connectivity index is 1.14. The van der Waals surface area contributed by atoms with Gasteiger partial charge in [-0.3, -0.25) is 28.8 Å². The molecule has 11 nitrogen and oxygen atoms in total. The predicted octanol–water partition coefficient (Wildman–Crippen LogP) is 5.99. The standard InChI is InChI=1S/C38H56O11/c1-24(19-36(44)48-31(22-46-25(2)39)23-47-26(3)40)18-35(43)45-17-7-6-8-34(42)49-33-12-11-32-27-9-10-28-21-30(41)14-16-37(28,4)29(20-27)13-15-38(32,33)5/h21,24,27,29,31-33H,6-20,22-23H2,1-5H3/t24?,27-,29+,32+,33+,37+,38+/m1/s1. The van der Waals surface area contributed by atoms with E-state index in [4.69, 9.17) is 23.7 Å². The molecular weight excluding hydrogens is 632 g/mol. The molecular formula is C38H56O11. The fourth-order valence-corrected chi connectivity index (χ4v) is 8.96. The van der Waals surface area contributed by atoms with E-state index in [9.17, 15) is 28.8 Å². The first-order valence-electron chi connectivity index (χ1n) is 18.2. The van der Waals surface area contributed by atoms with Crippen molar-refractivity contribution in [3.05, 3.63) is 11.6 Å². The molecule has 4 aliphatic rings. The molecule has 0 saturated heterocycles. The highest BCUT2D eigenvalue weighted by atomic mass is 16.6. The minimum Gasteiger partial charge on any atom is -0.466 e. The van der Waals surface area contributed by atoms with Crippen molar-refractivity contribution in [2.24, 2.45) is 34.5 Å². The number of fused-ring (bicyclic) bond motifs is 6. The van der Waals surface area contributed by atoms with Crippen LogP contribution in [-0.2, 0) is 52.5 Å². The Morgan fingerprint density at radius 2 is 1.53 bits per heavy atom. The number of hydrogen-bond donors (Lipinski definition) is 0. The number of rotatable bonds is 15. The number of hydrogen-bond acceptors (Lipinski definition) is 11. The second-order valence-corrected chi connectivity index (χ2v) is 15.4. The van der Waals surface area contributed by atoms with E-state index in [1.54, 1.807) is 6.92 Å². The van der Waals surface area contributed by atoms with Gasteiger partial charge in [-0.05, 0) is 99.4 Å². The second-order valence-electron chi connectivity index (χ2n) is 15.4. The van der Waals surface area contributed by atoms with E-state index in [1.807, 2.05) is 6.08 Å². The molecule has 0 aromatic rings. The summed E-state index contributed by atoms with van der Waals surface area (Å²) < 4.78 is 26.5. The molecule has 0 aromatic heterocycles. The van der Waals surface area contributed by atoms with Gasteiger partial charge in [0.05, 0.1) is 6.61 Å². The van der Waals surface area contributed by atoms with Crippen molar-refractivity contribution in [2.75, 3.05) is 19.8 Å². The van der Waals surface area contributed by atoms with Crippen molar-refractivity contribution in [3.8, 4) is 0 Å². The summed E-state index contributed by atoms with van der Waals surface area (Å²) in [4.78, 5) is 72.1. The number of ketones is 1. The molecule has 4 rings (SSSR count). The fourth-order valence-electron chi connectivity index (χ4n) is 8.96. The van der Waals surface area contributed by atoms with Crippen LogP contribution in [0.2, 0.25) is 0 Å². The summed E-state index contributed by atoms with van der Waals surface area (Å²) in [5, 5.41) is 0. The lowest BCUT2D eigenvalue weighted by molar-refractivity contribution is -0.166. The molecule has 3 saturated carbocycles. The van der Waals surface area contributed by atoms with Crippen LogP contribution in [-0.4, -0.2) is 67.7 Å². The van der Waals surface area contributed by atoms with Crippen LogP contribution in [0.25, 0.3) is 0 Å². The van der Waals surface area contributed by atoms with Gasteiger partial charge in [0.2, 0.25) is 0 Å². The summed E-state index contributed by atoms with van der Waals surface area (Å²) >= 11 is 0. The van der Waals surface area contributed by atoms with Gasteiger partial charge < -0.3 is 23.7 Å². The molecule has 4 aliphatic carbocycles. The summed E-state index contributed by atoms with van der Waals surface area (Å²) in [6.07, 6.45) is 11.3. The molecule has 49 heavy (non-hydrogen) atoms. The molecule has 0 spiro atoms. The zero-order chi connectivity index (χ0) is 35.8. The van der Waals surface area contributed by atoms with E-state index in [-0.39, 0.29) is 73.7 Å². The first-order valence-corrected chi connectivity index (χ1v) is 18.2. The minimum atomic E-state index is -0.944. The van der Waals surface area contributed by atoms with Gasteiger partial charge in [0, 0.05) is 44.9 Å². The summed E-state index contributed by atoms with van der Waals surface area (Å²) in [7, 11) is 0. The Labute approximate surface area is 290 Å². The maximum Gasteiger partial charge on any atom is 0.306 e. The van der Waals surface area contributed by atoms with Gasteiger partial charge in [-0.15, -0.1) is 0 Å². The van der Waals surface area contributed by atoms with E-state index in [0.29, 0.717) is 37.0 Å². The van der Waals surface area contributed by atoms with E-state index < -0.39 is 30.0 Å². The van der Waals surface area contributed by atoms with Gasteiger partial charge in [-0.1, -0.05) is 26.3 Å². The van der Waals surface area contributed by atoms with Crippen LogP contribution in [0.15, 0.2) is 11.6 Å². The number of esters is 5. The lowest BCUT2D eigenvalue weighted by Gasteiger charge is -2.42. The van der Waals surface area contributed by atoms with Crippen LogP contribution in [0.4, 0.5) is 0 Å². The zero-order valence-electron chi connectivity index (χ0n) is 30.1. The Kier molecular flexibility index (Phi) is 13.5. The van der Waals surface area contributed by atoms with Crippen LogP contribution in [0.3, 0.4) is 0 Å². The first kappa shape index (κ1) is 38.6. The van der Waals surface area contributed by atoms with Crippen molar-refractivity contribution in [1.29, 1.82) is 0 Å². The maximum absolute atomic E-state index is 13.0. The van der Waals surface area contributed by atoms with Gasteiger partial charge >= 0.3 is 29.8 Å². The van der Waals surface area contributed by atoms with E-state index in [0.717, 1.165) is 44.9 Å². The Morgan fingerprint density at radius 1 is 0.837 bits per heavy atom. The minimum absolute atomic E-state index is 0.00779. The highest BCUT2D eigenvalue weighted by Crippen LogP contribution is 2.62. The van der Waals surface area contributed by atoms with Crippen molar-refractivity contribution in [1.82, 2.24) is 0 Å². The molecule has 3 fully saturated rings. The number of carbonyl (C=O) groups is 6. The third-order valence-electron chi connectivity index (χ3n) is 11.7. The van der Waals surface area contributed by atoms with Gasteiger partial charge in [0.15, 0.2) is 11.9 Å². The van der Waals surface area contributed by atoms with Gasteiger partial charge in [0.25, 0.3) is 0 Å². The third-order valence-corrected chi connectivity index (χ3v) is 11.7. The number of carbonyl (C=O) groups excluding carboxylic acids is 6. The molecule has 0 N–H and O–H groups in total. The lowest BCUT2D eigenvalue weighted by atomic mass is 9.63. The SMILES string of the molecule is CC(=O)OCC(COC(C)=O)OC(=O)CC(C)CC(=O)OCCCCC(=O)O[C@H]1CC[C@H]2[C@@H]3CCC4=CC(=O)CC[C@]4(C)[C@@H](CC[C@]12C)C3. The third kappa shape index (κ3) is 10.4. The highest BCUT2D eigenvalue weighted by molar-refractivity contribution is 5.91. The monoisotopic (exact) mass is 688 g/mol. The highest BCUT2D eigenvalue weighted by Gasteiger charge is 2.56. The zero-order valence-corrected chi connectivity index (χ0v) is 30.1. The van der Waals surface area contributed by atoms with Crippen molar-refractivity contribution >= 4 is 35.6 Å². The summed E-state index contributed by atoms with van der Waals surface area (Å²) in [6.45, 7) is 8.55. The molecule has 11 heteroatoms. The molecule has 0 aliphatic heterocycles. The first-order chi connectivity index (χ1) is 23.2. The summed E-state index contributed by atoms with van der Waals surface area (Å²) in [6, 6.07) is 0. The molecule has 1 unspecified atom stereocenters. The number of allylic oxidation sites excluding steroid dienone is 2. The number of ether oxygens (including phenoxy) is 5. The molecule has 0 aromatic carbocycles. The average molecular weight is 689 g/mol. The van der Waals surface area contributed by atoms with Crippen molar-refractivity contribution in [3.63, 3.8) is 0 Å². The topological polar surface area (TPSA) is 149 Å². The average Bonchev–Trinajstić information content (AvgIpc) is 3.16. The predicted molar refractivity (Wildman–Crippen MR) is 178 cm³/mol. The fraction of sp³-hybridized carbons (Fsp3) is 0.789. The Bertz CT molecular complexity index is 1250. The molecule has 0 amide bonds. The second kappa shape index (κ2) is 17.1. The van der Waals surface area contributed by atoms with Crippen molar-refractivity contribution in [2.45, 2.75) is 137 Å². The molecule has 2 bridgehead atoms. The smallest absolute Gasteiger partial charge is 0.306 e. The van der Waals surface area contributed by atoms with E-state index in [2.05, 4.69) is 13.8 Å².